The van der Waals surface area contributed by atoms with E-state index in [2.05, 4.69) is 41.5 Å². The molecule has 6 heteroatoms. The molecule has 0 amide bonds. The van der Waals surface area contributed by atoms with Gasteiger partial charge in [-0.1, -0.05) is 0 Å². The summed E-state index contributed by atoms with van der Waals surface area (Å²) in [7, 11) is 0. The van der Waals surface area contributed by atoms with Crippen LogP contribution < -0.4 is 10.6 Å². The van der Waals surface area contributed by atoms with Gasteiger partial charge in [-0.05, 0) is 57.7 Å². The van der Waals surface area contributed by atoms with Gasteiger partial charge in [-0.2, -0.15) is 0 Å². The van der Waals surface area contributed by atoms with Crippen LogP contribution in [0.5, 0.6) is 0 Å². The van der Waals surface area contributed by atoms with Gasteiger partial charge in [0.25, 0.3) is 0 Å². The van der Waals surface area contributed by atoms with Crippen molar-refractivity contribution in [1.29, 1.82) is 0 Å². The third-order valence-electron chi connectivity index (χ3n) is 4.47. The number of likely N-dealkylation sites (tertiary alicyclic amines) is 1. The fourth-order valence-corrected chi connectivity index (χ4v) is 3.93. The SMILES string of the molecule is CCNC(=NCc1ccc(C)s1)NCC1CCN(C2CC2)C1.I. The Bertz CT molecular complexity index is 512. The summed E-state index contributed by atoms with van der Waals surface area (Å²) in [5.41, 5.74) is 0. The van der Waals surface area contributed by atoms with Gasteiger partial charge >= 0.3 is 0 Å². The van der Waals surface area contributed by atoms with Crippen LogP contribution in [0.2, 0.25) is 0 Å². The highest BCUT2D eigenvalue weighted by Crippen LogP contribution is 2.31. The number of hydrogen-bond acceptors (Lipinski definition) is 3. The Hall–Kier alpha value is -0.340. The number of guanidine groups is 1. The molecule has 1 unspecified atom stereocenters. The number of nitrogens with one attached hydrogen (secondary N) is 2. The normalized spacial score (nSPS) is 22.0. The summed E-state index contributed by atoms with van der Waals surface area (Å²) in [5.74, 6) is 1.73. The van der Waals surface area contributed by atoms with E-state index in [0.717, 1.165) is 37.6 Å². The number of rotatable bonds is 6. The zero-order valence-electron chi connectivity index (χ0n) is 14.2. The molecular weight excluding hydrogens is 419 g/mol. The molecule has 1 aromatic rings. The topological polar surface area (TPSA) is 39.7 Å². The molecule has 2 fully saturated rings. The highest BCUT2D eigenvalue weighted by molar-refractivity contribution is 14.0. The van der Waals surface area contributed by atoms with Crippen molar-refractivity contribution < 1.29 is 0 Å². The lowest BCUT2D eigenvalue weighted by molar-refractivity contribution is 0.314. The van der Waals surface area contributed by atoms with Crippen LogP contribution >= 0.6 is 35.3 Å². The minimum Gasteiger partial charge on any atom is -0.357 e. The summed E-state index contributed by atoms with van der Waals surface area (Å²) in [4.78, 5) is 10.1. The van der Waals surface area contributed by atoms with Crippen molar-refractivity contribution in [3.8, 4) is 0 Å². The quantitative estimate of drug-likeness (QED) is 0.399. The van der Waals surface area contributed by atoms with Gasteiger partial charge in [0.05, 0.1) is 6.54 Å². The second-order valence-electron chi connectivity index (χ2n) is 6.47. The van der Waals surface area contributed by atoms with Gasteiger partial charge in [0.2, 0.25) is 0 Å². The number of aryl methyl sites for hydroxylation is 1. The van der Waals surface area contributed by atoms with Crippen LogP contribution in [0.25, 0.3) is 0 Å². The molecule has 4 nitrogen and oxygen atoms in total. The van der Waals surface area contributed by atoms with Crippen molar-refractivity contribution in [2.75, 3.05) is 26.2 Å². The number of halogens is 1. The Morgan fingerprint density at radius 3 is 2.78 bits per heavy atom. The summed E-state index contributed by atoms with van der Waals surface area (Å²) >= 11 is 1.83. The third-order valence-corrected chi connectivity index (χ3v) is 5.46. The molecule has 3 rings (SSSR count). The van der Waals surface area contributed by atoms with Crippen LogP contribution in [0.3, 0.4) is 0 Å². The van der Waals surface area contributed by atoms with Gasteiger partial charge in [-0.25, -0.2) is 4.99 Å². The van der Waals surface area contributed by atoms with Crippen LogP contribution in [-0.4, -0.2) is 43.1 Å². The number of aliphatic imine (C=N–C) groups is 1. The van der Waals surface area contributed by atoms with Crippen molar-refractivity contribution in [2.45, 2.75) is 45.7 Å². The highest BCUT2D eigenvalue weighted by Gasteiger charge is 2.34. The molecule has 130 valence electrons. The monoisotopic (exact) mass is 448 g/mol. The smallest absolute Gasteiger partial charge is 0.191 e. The zero-order chi connectivity index (χ0) is 15.4. The third kappa shape index (κ3) is 5.90. The van der Waals surface area contributed by atoms with Crippen molar-refractivity contribution in [1.82, 2.24) is 15.5 Å². The molecule has 23 heavy (non-hydrogen) atoms. The molecule has 1 aliphatic carbocycles. The molecule has 0 radical (unpaired) electrons. The van der Waals surface area contributed by atoms with E-state index >= 15 is 0 Å². The maximum absolute atomic E-state index is 4.72. The fraction of sp³-hybridized carbons (Fsp3) is 0.706. The largest absolute Gasteiger partial charge is 0.357 e. The van der Waals surface area contributed by atoms with Crippen LogP contribution in [0, 0.1) is 12.8 Å². The van der Waals surface area contributed by atoms with E-state index in [4.69, 9.17) is 4.99 Å². The number of nitrogens with zero attached hydrogens (tertiary/aromatic N) is 2. The summed E-state index contributed by atoms with van der Waals surface area (Å²) in [5, 5.41) is 6.90. The summed E-state index contributed by atoms with van der Waals surface area (Å²) in [6.07, 6.45) is 4.17. The molecule has 2 aliphatic rings. The average Bonchev–Trinajstić information content (AvgIpc) is 3.11. The Morgan fingerprint density at radius 1 is 1.30 bits per heavy atom. The fourth-order valence-electron chi connectivity index (χ4n) is 3.11. The van der Waals surface area contributed by atoms with E-state index in [1.54, 1.807) is 0 Å². The Morgan fingerprint density at radius 2 is 2.13 bits per heavy atom. The molecule has 2 heterocycles. The van der Waals surface area contributed by atoms with Gasteiger partial charge in [-0.15, -0.1) is 35.3 Å². The van der Waals surface area contributed by atoms with E-state index in [1.807, 2.05) is 11.3 Å². The first-order valence-corrected chi connectivity index (χ1v) is 9.37. The number of thiophene rings is 1. The molecule has 1 atom stereocenters. The molecule has 1 aliphatic heterocycles. The molecule has 1 saturated carbocycles. The van der Waals surface area contributed by atoms with Crippen molar-refractivity contribution in [3.63, 3.8) is 0 Å². The molecule has 1 aromatic heterocycles. The summed E-state index contributed by atoms with van der Waals surface area (Å²) < 4.78 is 0. The first-order valence-electron chi connectivity index (χ1n) is 8.56. The highest BCUT2D eigenvalue weighted by atomic mass is 127. The zero-order valence-corrected chi connectivity index (χ0v) is 17.3. The first-order chi connectivity index (χ1) is 10.7. The second-order valence-corrected chi connectivity index (χ2v) is 7.84. The van der Waals surface area contributed by atoms with Crippen LogP contribution in [-0.2, 0) is 6.54 Å². The maximum Gasteiger partial charge on any atom is 0.191 e. The van der Waals surface area contributed by atoms with E-state index in [-0.39, 0.29) is 24.0 Å². The van der Waals surface area contributed by atoms with Crippen LogP contribution in [0.1, 0.15) is 35.9 Å². The van der Waals surface area contributed by atoms with Crippen molar-refractivity contribution >= 4 is 41.3 Å². The second kappa shape index (κ2) is 9.22. The average molecular weight is 448 g/mol. The van der Waals surface area contributed by atoms with Crippen LogP contribution in [0.4, 0.5) is 0 Å². The van der Waals surface area contributed by atoms with E-state index in [1.165, 1.54) is 42.1 Å². The number of hydrogen-bond donors (Lipinski definition) is 2. The van der Waals surface area contributed by atoms with Crippen molar-refractivity contribution in [2.24, 2.45) is 10.9 Å². The van der Waals surface area contributed by atoms with Gasteiger partial charge in [0, 0.05) is 35.4 Å². The lowest BCUT2D eigenvalue weighted by Crippen LogP contribution is -2.40. The van der Waals surface area contributed by atoms with Gasteiger partial charge < -0.3 is 15.5 Å². The Kier molecular flexibility index (Phi) is 7.62. The summed E-state index contributed by atoms with van der Waals surface area (Å²) in [6.45, 7) is 9.55. The standard InChI is InChI=1S/C17H28N4S.HI/c1-3-18-17(20-11-16-7-4-13(2)22-16)19-10-14-8-9-21(12-14)15-5-6-15;/h4,7,14-15H,3,5-6,8-12H2,1-2H3,(H2,18,19,20);1H. The predicted octanol–water partition coefficient (Wildman–Crippen LogP) is 3.21. The molecular formula is C17H29IN4S. The predicted molar refractivity (Wildman–Crippen MR) is 110 cm³/mol. The molecule has 0 bridgehead atoms. The van der Waals surface area contributed by atoms with E-state index in [0.29, 0.717) is 0 Å². The van der Waals surface area contributed by atoms with Crippen molar-refractivity contribution in [3.05, 3.63) is 21.9 Å². The molecule has 0 aromatic carbocycles. The lowest BCUT2D eigenvalue weighted by Gasteiger charge is -2.17. The van der Waals surface area contributed by atoms with Gasteiger partial charge in [0.15, 0.2) is 5.96 Å². The lowest BCUT2D eigenvalue weighted by atomic mass is 10.1. The Labute approximate surface area is 161 Å². The van der Waals surface area contributed by atoms with E-state index in [9.17, 15) is 0 Å². The molecule has 0 spiro atoms. The minimum absolute atomic E-state index is 0. The minimum atomic E-state index is 0. The van der Waals surface area contributed by atoms with Gasteiger partial charge in [-0.3, -0.25) is 0 Å². The maximum atomic E-state index is 4.72. The van der Waals surface area contributed by atoms with E-state index < -0.39 is 0 Å². The molecule has 2 N–H and O–H groups in total. The molecule has 1 saturated heterocycles. The first kappa shape index (κ1) is 19.0. The van der Waals surface area contributed by atoms with Gasteiger partial charge in [0.1, 0.15) is 0 Å². The van der Waals surface area contributed by atoms with Crippen LogP contribution in [0.15, 0.2) is 17.1 Å². The Balaban J connectivity index is 0.00000192. The summed E-state index contributed by atoms with van der Waals surface area (Å²) in [6, 6.07) is 5.26.